The standard InChI is InChI=1S/C14H22N2O.C11H16N2/c1-15-9-11-16(12-10-15)8-5-13-17-14-6-3-2-4-7-14;1-12-7-9-13(10-8-12)11-5-3-2-4-6-11/h2-4,6-7H,5,8-13H2,1H3;2-6H,7-10H2,1H3. The zero-order chi connectivity index (χ0) is 21.0. The van der Waals surface area contributed by atoms with Crippen molar-refractivity contribution in [1.82, 2.24) is 14.7 Å². The number of ether oxygens (including phenoxy) is 1. The smallest absolute Gasteiger partial charge is 0.119 e. The van der Waals surface area contributed by atoms with Crippen LogP contribution >= 0.6 is 0 Å². The zero-order valence-electron chi connectivity index (χ0n) is 18.7. The molecule has 30 heavy (non-hydrogen) atoms. The Labute approximate surface area is 182 Å². The molecule has 2 aromatic rings. The Kier molecular flexibility index (Phi) is 9.48. The molecule has 0 aromatic heterocycles. The highest BCUT2D eigenvalue weighted by Gasteiger charge is 2.13. The van der Waals surface area contributed by atoms with Crippen LogP contribution in [0.25, 0.3) is 0 Å². The second kappa shape index (κ2) is 12.6. The van der Waals surface area contributed by atoms with E-state index in [0.29, 0.717) is 0 Å². The Hall–Kier alpha value is -2.08. The van der Waals surface area contributed by atoms with Crippen LogP contribution in [0.4, 0.5) is 5.69 Å². The van der Waals surface area contributed by atoms with Crippen molar-refractivity contribution >= 4 is 5.69 Å². The van der Waals surface area contributed by atoms with Gasteiger partial charge in [0.25, 0.3) is 0 Å². The van der Waals surface area contributed by atoms with E-state index in [2.05, 4.69) is 64.0 Å². The van der Waals surface area contributed by atoms with Crippen molar-refractivity contribution < 1.29 is 4.74 Å². The van der Waals surface area contributed by atoms with Crippen LogP contribution in [0.2, 0.25) is 0 Å². The van der Waals surface area contributed by atoms with Gasteiger partial charge in [0.05, 0.1) is 6.61 Å². The Bertz CT molecular complexity index is 681. The quantitative estimate of drug-likeness (QED) is 0.681. The van der Waals surface area contributed by atoms with Crippen LogP contribution in [-0.4, -0.2) is 94.3 Å². The first-order valence-corrected chi connectivity index (χ1v) is 11.3. The molecule has 164 valence electrons. The summed E-state index contributed by atoms with van der Waals surface area (Å²) in [6.45, 7) is 11.4. The molecule has 2 saturated heterocycles. The molecule has 2 fully saturated rings. The molecule has 2 heterocycles. The molecule has 0 bridgehead atoms. The lowest BCUT2D eigenvalue weighted by molar-refractivity contribution is 0.145. The summed E-state index contributed by atoms with van der Waals surface area (Å²) < 4.78 is 5.68. The Morgan fingerprint density at radius 1 is 0.667 bits per heavy atom. The maximum absolute atomic E-state index is 5.68. The zero-order valence-corrected chi connectivity index (χ0v) is 18.7. The summed E-state index contributed by atoms with van der Waals surface area (Å²) in [6.07, 6.45) is 1.11. The second-order valence-electron chi connectivity index (χ2n) is 8.29. The fraction of sp³-hybridized carbons (Fsp3) is 0.520. The molecule has 0 saturated carbocycles. The van der Waals surface area contributed by atoms with Gasteiger partial charge in [0.15, 0.2) is 0 Å². The number of hydrogen-bond acceptors (Lipinski definition) is 5. The van der Waals surface area contributed by atoms with E-state index >= 15 is 0 Å². The molecule has 0 aliphatic carbocycles. The Balaban J connectivity index is 0.000000177. The molecule has 0 atom stereocenters. The lowest BCUT2D eigenvalue weighted by atomic mass is 10.2. The van der Waals surface area contributed by atoms with E-state index in [1.165, 1.54) is 45.0 Å². The van der Waals surface area contributed by atoms with Gasteiger partial charge < -0.3 is 24.3 Å². The van der Waals surface area contributed by atoms with E-state index < -0.39 is 0 Å². The van der Waals surface area contributed by atoms with Gasteiger partial charge in [-0.1, -0.05) is 36.4 Å². The Morgan fingerprint density at radius 2 is 1.20 bits per heavy atom. The molecule has 0 unspecified atom stereocenters. The molecule has 2 aliphatic rings. The van der Waals surface area contributed by atoms with Gasteiger partial charge in [-0.25, -0.2) is 0 Å². The third-order valence-electron chi connectivity index (χ3n) is 5.85. The van der Waals surface area contributed by atoms with Gasteiger partial charge >= 0.3 is 0 Å². The first-order valence-electron chi connectivity index (χ1n) is 11.3. The van der Waals surface area contributed by atoms with Crippen LogP contribution in [0, 0.1) is 0 Å². The molecule has 2 aliphatic heterocycles. The van der Waals surface area contributed by atoms with Gasteiger partial charge in [0.1, 0.15) is 5.75 Å². The number of benzene rings is 2. The SMILES string of the molecule is CN1CCN(CCCOc2ccccc2)CC1.CN1CCN(c2ccccc2)CC1. The number of rotatable bonds is 6. The largest absolute Gasteiger partial charge is 0.494 e. The number of anilines is 1. The van der Waals surface area contributed by atoms with Crippen molar-refractivity contribution in [1.29, 1.82) is 0 Å². The number of hydrogen-bond donors (Lipinski definition) is 0. The van der Waals surface area contributed by atoms with Crippen molar-refractivity contribution in [3.05, 3.63) is 60.7 Å². The number of para-hydroxylation sites is 2. The van der Waals surface area contributed by atoms with Gasteiger partial charge in [-0.05, 0) is 44.8 Å². The van der Waals surface area contributed by atoms with Crippen molar-refractivity contribution in [3.63, 3.8) is 0 Å². The molecule has 0 N–H and O–H groups in total. The van der Waals surface area contributed by atoms with E-state index in [1.54, 1.807) is 0 Å². The summed E-state index contributed by atoms with van der Waals surface area (Å²) in [5.41, 5.74) is 1.36. The lowest BCUT2D eigenvalue weighted by Crippen LogP contribution is -2.44. The minimum atomic E-state index is 0.816. The molecular formula is C25H38N4O. The topological polar surface area (TPSA) is 22.2 Å². The minimum absolute atomic E-state index is 0.816. The fourth-order valence-corrected chi connectivity index (χ4v) is 3.77. The first kappa shape index (κ1) is 22.6. The normalized spacial score (nSPS) is 18.5. The van der Waals surface area contributed by atoms with E-state index in [4.69, 9.17) is 4.74 Å². The van der Waals surface area contributed by atoms with E-state index in [0.717, 1.165) is 38.4 Å². The van der Waals surface area contributed by atoms with E-state index in [1.807, 2.05) is 30.3 Å². The average molecular weight is 411 g/mol. The average Bonchev–Trinajstić information content (AvgIpc) is 2.80. The van der Waals surface area contributed by atoms with Crippen molar-refractivity contribution in [2.24, 2.45) is 0 Å². The summed E-state index contributed by atoms with van der Waals surface area (Å²) in [5, 5.41) is 0. The lowest BCUT2D eigenvalue weighted by Gasteiger charge is -2.33. The molecule has 4 rings (SSSR count). The van der Waals surface area contributed by atoms with Crippen molar-refractivity contribution in [2.45, 2.75) is 6.42 Å². The van der Waals surface area contributed by atoms with E-state index in [9.17, 15) is 0 Å². The summed E-state index contributed by atoms with van der Waals surface area (Å²) in [5.74, 6) is 0.978. The number of piperazine rings is 2. The molecule has 5 nitrogen and oxygen atoms in total. The third-order valence-corrected chi connectivity index (χ3v) is 5.85. The highest BCUT2D eigenvalue weighted by Crippen LogP contribution is 2.14. The van der Waals surface area contributed by atoms with Crippen LogP contribution in [0.3, 0.4) is 0 Å². The fourth-order valence-electron chi connectivity index (χ4n) is 3.77. The first-order chi connectivity index (χ1) is 14.7. The summed E-state index contributed by atoms with van der Waals surface area (Å²) in [6, 6.07) is 20.7. The van der Waals surface area contributed by atoms with Crippen LogP contribution in [0.1, 0.15) is 6.42 Å². The molecule has 0 radical (unpaired) electrons. The number of likely N-dealkylation sites (N-methyl/N-ethyl adjacent to an activating group) is 2. The van der Waals surface area contributed by atoms with Crippen LogP contribution < -0.4 is 9.64 Å². The molecule has 2 aromatic carbocycles. The highest BCUT2D eigenvalue weighted by molar-refractivity contribution is 5.46. The summed E-state index contributed by atoms with van der Waals surface area (Å²) in [7, 11) is 4.37. The Morgan fingerprint density at radius 3 is 1.80 bits per heavy atom. The predicted molar refractivity (Wildman–Crippen MR) is 127 cm³/mol. The molecule has 0 amide bonds. The molecule has 5 heteroatoms. The number of nitrogens with zero attached hydrogens (tertiary/aromatic N) is 4. The predicted octanol–water partition coefficient (Wildman–Crippen LogP) is 3.14. The van der Waals surface area contributed by atoms with Crippen molar-refractivity contribution in [3.8, 4) is 5.75 Å². The molecule has 0 spiro atoms. The summed E-state index contributed by atoms with van der Waals surface area (Å²) >= 11 is 0. The maximum atomic E-state index is 5.68. The second-order valence-corrected chi connectivity index (χ2v) is 8.29. The monoisotopic (exact) mass is 410 g/mol. The maximum Gasteiger partial charge on any atom is 0.119 e. The van der Waals surface area contributed by atoms with Crippen LogP contribution in [0.15, 0.2) is 60.7 Å². The van der Waals surface area contributed by atoms with Gasteiger partial charge in [0.2, 0.25) is 0 Å². The third kappa shape index (κ3) is 7.98. The summed E-state index contributed by atoms with van der Waals surface area (Å²) in [4.78, 5) is 9.73. The molecular weight excluding hydrogens is 372 g/mol. The van der Waals surface area contributed by atoms with Gasteiger partial charge in [-0.3, -0.25) is 0 Å². The van der Waals surface area contributed by atoms with E-state index in [-0.39, 0.29) is 0 Å². The van der Waals surface area contributed by atoms with Crippen LogP contribution in [-0.2, 0) is 0 Å². The minimum Gasteiger partial charge on any atom is -0.494 e. The highest BCUT2D eigenvalue weighted by atomic mass is 16.5. The van der Waals surface area contributed by atoms with Gasteiger partial charge in [0, 0.05) is 64.6 Å². The van der Waals surface area contributed by atoms with Gasteiger partial charge in [-0.15, -0.1) is 0 Å². The van der Waals surface area contributed by atoms with Gasteiger partial charge in [-0.2, -0.15) is 0 Å². The van der Waals surface area contributed by atoms with Crippen LogP contribution in [0.5, 0.6) is 5.75 Å². The van der Waals surface area contributed by atoms with Crippen molar-refractivity contribution in [2.75, 3.05) is 84.5 Å².